The zero-order valence-electron chi connectivity index (χ0n) is 10.5. The molecule has 0 aliphatic carbocycles. The first kappa shape index (κ1) is 13.8. The lowest BCUT2D eigenvalue weighted by molar-refractivity contribution is -0.132. The van der Waals surface area contributed by atoms with Crippen molar-refractivity contribution in [1.82, 2.24) is 9.47 Å². The molecule has 1 heterocycles. The zero-order chi connectivity index (χ0) is 13.7. The van der Waals surface area contributed by atoms with Gasteiger partial charge in [-0.15, -0.1) is 0 Å². The molecule has 2 N–H and O–H groups in total. The monoisotopic (exact) mass is 248 g/mol. The van der Waals surface area contributed by atoms with Crippen molar-refractivity contribution in [2.45, 2.75) is 25.9 Å². The van der Waals surface area contributed by atoms with Crippen LogP contribution < -0.4 is 11.3 Å². The summed E-state index contributed by atoms with van der Waals surface area (Å²) in [5.41, 5.74) is 5.71. The maximum atomic E-state index is 11.9. The maximum absolute atomic E-state index is 11.9. The predicted octanol–water partition coefficient (Wildman–Crippen LogP) is 0.191. The fourth-order valence-corrected chi connectivity index (χ4v) is 1.45. The molecule has 0 bridgehead atoms. The molecular formula is C12H16N4O2. The van der Waals surface area contributed by atoms with Crippen molar-refractivity contribution >= 4 is 11.6 Å². The topological polar surface area (TPSA) is 92.1 Å². The van der Waals surface area contributed by atoms with Crippen LogP contribution in [0.3, 0.4) is 0 Å². The zero-order valence-corrected chi connectivity index (χ0v) is 10.5. The average Bonchev–Trinajstić information content (AvgIpc) is 2.33. The van der Waals surface area contributed by atoms with Crippen LogP contribution in [-0.4, -0.2) is 28.5 Å². The van der Waals surface area contributed by atoms with Gasteiger partial charge in [-0.2, -0.15) is 5.26 Å². The van der Waals surface area contributed by atoms with Gasteiger partial charge in [0.15, 0.2) is 0 Å². The van der Waals surface area contributed by atoms with Crippen molar-refractivity contribution in [3.63, 3.8) is 0 Å². The fourth-order valence-electron chi connectivity index (χ4n) is 1.45. The number of carbonyl (C=O) groups is 1. The third-order valence-corrected chi connectivity index (χ3v) is 2.75. The highest BCUT2D eigenvalue weighted by Gasteiger charge is 2.16. The van der Waals surface area contributed by atoms with Gasteiger partial charge < -0.3 is 15.2 Å². The average molecular weight is 248 g/mol. The van der Waals surface area contributed by atoms with E-state index in [4.69, 9.17) is 11.0 Å². The van der Waals surface area contributed by atoms with Gasteiger partial charge in [0.05, 0.1) is 12.5 Å². The third-order valence-electron chi connectivity index (χ3n) is 2.75. The summed E-state index contributed by atoms with van der Waals surface area (Å²) in [4.78, 5) is 24.9. The van der Waals surface area contributed by atoms with Crippen molar-refractivity contribution in [1.29, 1.82) is 5.26 Å². The van der Waals surface area contributed by atoms with E-state index in [9.17, 15) is 9.59 Å². The Morgan fingerprint density at radius 1 is 1.61 bits per heavy atom. The van der Waals surface area contributed by atoms with E-state index in [1.807, 2.05) is 6.07 Å². The number of pyridine rings is 1. The van der Waals surface area contributed by atoms with Crippen LogP contribution in [0.15, 0.2) is 23.1 Å². The SMILES string of the molecule is CC(CC#N)N(C)C(=O)Cn1cc(N)ccc1=O. The number of carbonyl (C=O) groups excluding carboxylic acids is 1. The molecule has 0 aliphatic heterocycles. The Morgan fingerprint density at radius 3 is 2.89 bits per heavy atom. The molecule has 1 aromatic rings. The molecule has 1 unspecified atom stereocenters. The molecule has 18 heavy (non-hydrogen) atoms. The predicted molar refractivity (Wildman–Crippen MR) is 67.6 cm³/mol. The number of likely N-dealkylation sites (N-methyl/N-ethyl adjacent to an activating group) is 1. The number of rotatable bonds is 4. The molecule has 1 rings (SSSR count). The van der Waals surface area contributed by atoms with Crippen LogP contribution in [0.1, 0.15) is 13.3 Å². The van der Waals surface area contributed by atoms with Gasteiger partial charge in [0, 0.05) is 31.0 Å². The van der Waals surface area contributed by atoms with E-state index in [0.717, 1.165) is 0 Å². The highest BCUT2D eigenvalue weighted by atomic mass is 16.2. The standard InChI is InChI=1S/C12H16N4O2/c1-9(5-6-13)15(2)12(18)8-16-7-10(14)3-4-11(16)17/h3-4,7,9H,5,8,14H2,1-2H3. The normalized spacial score (nSPS) is 11.6. The second kappa shape index (κ2) is 5.87. The minimum absolute atomic E-state index is 0.0733. The van der Waals surface area contributed by atoms with E-state index < -0.39 is 0 Å². The minimum atomic E-state index is -0.279. The molecule has 0 spiro atoms. The number of nitriles is 1. The quantitative estimate of drug-likeness (QED) is 0.823. The molecule has 1 amide bonds. The van der Waals surface area contributed by atoms with Crippen LogP contribution in [0, 0.1) is 11.3 Å². The summed E-state index contributed by atoms with van der Waals surface area (Å²) in [5, 5.41) is 8.58. The van der Waals surface area contributed by atoms with Gasteiger partial charge in [0.1, 0.15) is 6.54 Å². The van der Waals surface area contributed by atoms with Crippen molar-refractivity contribution in [3.8, 4) is 6.07 Å². The van der Waals surface area contributed by atoms with Crippen LogP contribution in [0.5, 0.6) is 0 Å². The molecule has 0 radical (unpaired) electrons. The number of aromatic nitrogens is 1. The van der Waals surface area contributed by atoms with E-state index in [0.29, 0.717) is 5.69 Å². The van der Waals surface area contributed by atoms with E-state index in [1.165, 1.54) is 27.8 Å². The Morgan fingerprint density at radius 2 is 2.28 bits per heavy atom. The van der Waals surface area contributed by atoms with Gasteiger partial charge >= 0.3 is 0 Å². The molecule has 0 fully saturated rings. The molecule has 96 valence electrons. The number of nitrogens with two attached hydrogens (primary N) is 1. The Hall–Kier alpha value is -2.29. The Bertz CT molecular complexity index is 530. The lowest BCUT2D eigenvalue weighted by Crippen LogP contribution is -2.38. The first-order chi connectivity index (χ1) is 8.45. The largest absolute Gasteiger partial charge is 0.398 e. The summed E-state index contributed by atoms with van der Waals surface area (Å²) in [6.45, 7) is 1.71. The summed E-state index contributed by atoms with van der Waals surface area (Å²) < 4.78 is 1.26. The van der Waals surface area contributed by atoms with Gasteiger partial charge in [-0.05, 0) is 13.0 Å². The molecule has 0 saturated carbocycles. The van der Waals surface area contributed by atoms with Gasteiger partial charge in [-0.1, -0.05) is 0 Å². The van der Waals surface area contributed by atoms with Crippen LogP contribution in [0.25, 0.3) is 0 Å². The van der Waals surface area contributed by atoms with Crippen molar-refractivity contribution in [3.05, 3.63) is 28.7 Å². The highest BCUT2D eigenvalue weighted by Crippen LogP contribution is 2.02. The first-order valence-corrected chi connectivity index (χ1v) is 5.54. The second-order valence-corrected chi connectivity index (χ2v) is 4.14. The number of hydrogen-bond acceptors (Lipinski definition) is 4. The third kappa shape index (κ3) is 3.35. The van der Waals surface area contributed by atoms with Gasteiger partial charge in [-0.25, -0.2) is 0 Å². The lowest BCUT2D eigenvalue weighted by atomic mass is 10.2. The molecule has 6 heteroatoms. The first-order valence-electron chi connectivity index (χ1n) is 5.54. The van der Waals surface area contributed by atoms with E-state index in [-0.39, 0.29) is 30.5 Å². The van der Waals surface area contributed by atoms with E-state index in [1.54, 1.807) is 14.0 Å². The van der Waals surface area contributed by atoms with Crippen LogP contribution >= 0.6 is 0 Å². The smallest absolute Gasteiger partial charge is 0.251 e. The summed E-state index contributed by atoms with van der Waals surface area (Å²) in [5.74, 6) is -0.231. The number of nitrogen functional groups attached to an aromatic ring is 1. The van der Waals surface area contributed by atoms with Gasteiger partial charge in [0.2, 0.25) is 5.91 Å². The summed E-state index contributed by atoms with van der Waals surface area (Å²) >= 11 is 0. The summed E-state index contributed by atoms with van der Waals surface area (Å²) in [7, 11) is 1.61. The molecule has 6 nitrogen and oxygen atoms in total. The van der Waals surface area contributed by atoms with E-state index in [2.05, 4.69) is 0 Å². The summed E-state index contributed by atoms with van der Waals surface area (Å²) in [6.07, 6.45) is 1.69. The van der Waals surface area contributed by atoms with E-state index >= 15 is 0 Å². The van der Waals surface area contributed by atoms with Crippen molar-refractivity contribution in [2.75, 3.05) is 12.8 Å². The number of amides is 1. The minimum Gasteiger partial charge on any atom is -0.398 e. The Balaban J connectivity index is 2.79. The molecule has 0 aromatic carbocycles. The number of nitrogens with zero attached hydrogens (tertiary/aromatic N) is 3. The van der Waals surface area contributed by atoms with Crippen molar-refractivity contribution < 1.29 is 4.79 Å². The number of anilines is 1. The van der Waals surface area contributed by atoms with Gasteiger partial charge in [0.25, 0.3) is 5.56 Å². The summed E-state index contributed by atoms with van der Waals surface area (Å²) in [6, 6.07) is 4.64. The Kier molecular flexibility index (Phi) is 4.49. The maximum Gasteiger partial charge on any atom is 0.251 e. The van der Waals surface area contributed by atoms with Crippen LogP contribution in [0.4, 0.5) is 5.69 Å². The molecular weight excluding hydrogens is 232 g/mol. The molecule has 0 saturated heterocycles. The highest BCUT2D eigenvalue weighted by molar-refractivity contribution is 5.76. The fraction of sp³-hybridized carbons (Fsp3) is 0.417. The Labute approximate surface area is 105 Å². The van der Waals surface area contributed by atoms with Crippen LogP contribution in [0.2, 0.25) is 0 Å². The number of hydrogen-bond donors (Lipinski definition) is 1. The van der Waals surface area contributed by atoms with Crippen molar-refractivity contribution in [2.24, 2.45) is 0 Å². The van der Waals surface area contributed by atoms with Crippen LogP contribution in [-0.2, 0) is 11.3 Å². The molecule has 1 aromatic heterocycles. The van der Waals surface area contributed by atoms with Gasteiger partial charge in [-0.3, -0.25) is 9.59 Å². The lowest BCUT2D eigenvalue weighted by Gasteiger charge is -2.23. The molecule has 0 aliphatic rings. The second-order valence-electron chi connectivity index (χ2n) is 4.14. The molecule has 1 atom stereocenters.